The Morgan fingerprint density at radius 1 is 1.12 bits per heavy atom. The predicted octanol–water partition coefficient (Wildman–Crippen LogP) is 1.27. The van der Waals surface area contributed by atoms with E-state index in [1.165, 1.54) is 11.1 Å². The summed E-state index contributed by atoms with van der Waals surface area (Å²) in [5.41, 5.74) is -0.286. The van der Waals surface area contributed by atoms with Gasteiger partial charge in [0.25, 0.3) is 0 Å². The second-order valence-corrected chi connectivity index (χ2v) is 8.86. The zero-order valence-electron chi connectivity index (χ0n) is 18.3. The predicted molar refractivity (Wildman–Crippen MR) is 118 cm³/mol. The van der Waals surface area contributed by atoms with E-state index in [9.17, 15) is 24.3 Å². The monoisotopic (exact) mass is 456 g/mol. The van der Waals surface area contributed by atoms with Crippen LogP contribution in [0.3, 0.4) is 0 Å². The van der Waals surface area contributed by atoms with Gasteiger partial charge >= 0.3 is 5.97 Å². The number of carbonyl (C=O) groups excluding carboxylic acids is 2. The number of imide groups is 1. The van der Waals surface area contributed by atoms with Gasteiger partial charge in [-0.15, -0.1) is 0 Å². The highest BCUT2D eigenvalue weighted by atomic mass is 19.1. The first kappa shape index (κ1) is 21.6. The Hall–Kier alpha value is -3.27. The van der Waals surface area contributed by atoms with Gasteiger partial charge < -0.3 is 14.6 Å². The standard InChI is InChI=1S/C23H25FN4O5/c1-2-25-12-15(23(32)33)21(30)14-9-16(24)18(10-17(14)25)26-5-7-27(8-6-26)19-11-20(29)28(22(19)31)13-3-4-13/h9-10,12-13,19H,2-8,11H2,1H3,(H,32,33)/t19-/m0/s1. The molecule has 2 aliphatic heterocycles. The van der Waals surface area contributed by atoms with Crippen molar-refractivity contribution in [1.29, 1.82) is 0 Å². The SMILES string of the molecule is CCn1cc(C(=O)O)c(=O)c2cc(F)c(N3CCN([C@H]4CC(=O)N(C5CC5)C4=O)CC3)cc21. The minimum atomic E-state index is -1.34. The number of carboxylic acids is 1. The normalized spacial score (nSPS) is 21.9. The van der Waals surface area contributed by atoms with E-state index in [1.807, 2.05) is 16.7 Å². The summed E-state index contributed by atoms with van der Waals surface area (Å²) < 4.78 is 16.7. The summed E-state index contributed by atoms with van der Waals surface area (Å²) in [6, 6.07) is 2.34. The third kappa shape index (κ3) is 3.58. The van der Waals surface area contributed by atoms with Crippen molar-refractivity contribution in [2.75, 3.05) is 31.1 Å². The van der Waals surface area contributed by atoms with Gasteiger partial charge in [-0.1, -0.05) is 0 Å². The molecular weight excluding hydrogens is 431 g/mol. The lowest BCUT2D eigenvalue weighted by Crippen LogP contribution is -2.53. The number of nitrogens with zero attached hydrogens (tertiary/aromatic N) is 4. The highest BCUT2D eigenvalue weighted by molar-refractivity contribution is 6.06. The summed E-state index contributed by atoms with van der Waals surface area (Å²) >= 11 is 0. The Balaban J connectivity index is 1.38. The van der Waals surface area contributed by atoms with Crippen LogP contribution in [0.2, 0.25) is 0 Å². The van der Waals surface area contributed by atoms with Crippen LogP contribution in [0.4, 0.5) is 10.1 Å². The molecule has 3 aliphatic rings. The first-order valence-corrected chi connectivity index (χ1v) is 11.2. The summed E-state index contributed by atoms with van der Waals surface area (Å²) in [7, 11) is 0. The number of anilines is 1. The topological polar surface area (TPSA) is 103 Å². The number of aromatic nitrogens is 1. The van der Waals surface area contributed by atoms with Gasteiger partial charge in [-0.25, -0.2) is 9.18 Å². The number of carboxylic acid groups (broad SMARTS) is 1. The van der Waals surface area contributed by atoms with Crippen molar-refractivity contribution >= 4 is 34.4 Å². The molecule has 1 N–H and O–H groups in total. The second-order valence-electron chi connectivity index (χ2n) is 8.86. The van der Waals surface area contributed by atoms with Crippen LogP contribution >= 0.6 is 0 Å². The zero-order valence-corrected chi connectivity index (χ0v) is 18.3. The molecule has 3 fully saturated rings. The number of hydrogen-bond donors (Lipinski definition) is 1. The molecule has 0 spiro atoms. The smallest absolute Gasteiger partial charge is 0.341 e. The van der Waals surface area contributed by atoms with E-state index in [0.717, 1.165) is 18.9 Å². The highest BCUT2D eigenvalue weighted by Gasteiger charge is 2.48. The Kier molecular flexibility index (Phi) is 5.19. The molecule has 1 aromatic carbocycles. The molecule has 1 aliphatic carbocycles. The molecular formula is C23H25FN4O5. The number of carbonyl (C=O) groups is 3. The van der Waals surface area contributed by atoms with Crippen molar-refractivity contribution in [2.24, 2.45) is 0 Å². The van der Waals surface area contributed by atoms with Crippen LogP contribution in [0.25, 0.3) is 10.9 Å². The number of amides is 2. The number of piperazine rings is 1. The van der Waals surface area contributed by atoms with Gasteiger partial charge in [0.15, 0.2) is 0 Å². The van der Waals surface area contributed by atoms with Crippen molar-refractivity contribution in [3.05, 3.63) is 39.9 Å². The van der Waals surface area contributed by atoms with Crippen molar-refractivity contribution in [2.45, 2.75) is 44.8 Å². The minimum Gasteiger partial charge on any atom is -0.477 e. The molecule has 9 nitrogen and oxygen atoms in total. The Morgan fingerprint density at radius 3 is 2.42 bits per heavy atom. The lowest BCUT2D eigenvalue weighted by Gasteiger charge is -2.38. The number of aryl methyl sites for hydroxylation is 1. The van der Waals surface area contributed by atoms with Crippen LogP contribution in [-0.2, 0) is 16.1 Å². The average Bonchev–Trinajstić information content (AvgIpc) is 3.58. The van der Waals surface area contributed by atoms with Crippen LogP contribution < -0.4 is 10.3 Å². The van der Waals surface area contributed by atoms with E-state index in [-0.39, 0.29) is 35.2 Å². The molecule has 0 bridgehead atoms. The molecule has 2 saturated heterocycles. The fourth-order valence-corrected chi connectivity index (χ4v) is 4.97. The first-order chi connectivity index (χ1) is 15.8. The van der Waals surface area contributed by atoms with Gasteiger partial charge in [0.05, 0.1) is 23.7 Å². The molecule has 0 unspecified atom stereocenters. The van der Waals surface area contributed by atoms with E-state index in [2.05, 4.69) is 0 Å². The van der Waals surface area contributed by atoms with E-state index in [4.69, 9.17) is 0 Å². The quantitative estimate of drug-likeness (QED) is 0.676. The summed E-state index contributed by atoms with van der Waals surface area (Å²) in [5, 5.41) is 9.34. The van der Waals surface area contributed by atoms with Gasteiger partial charge in [0, 0.05) is 50.3 Å². The van der Waals surface area contributed by atoms with Gasteiger partial charge in [0.1, 0.15) is 11.4 Å². The number of aromatic carboxylic acids is 1. The van der Waals surface area contributed by atoms with Crippen molar-refractivity contribution in [3.63, 3.8) is 0 Å². The average molecular weight is 456 g/mol. The number of benzene rings is 1. The lowest BCUT2D eigenvalue weighted by molar-refractivity contribution is -0.140. The Labute approximate surface area is 189 Å². The molecule has 10 heteroatoms. The molecule has 2 amide bonds. The van der Waals surface area contributed by atoms with Crippen LogP contribution in [0.1, 0.15) is 36.5 Å². The first-order valence-electron chi connectivity index (χ1n) is 11.2. The van der Waals surface area contributed by atoms with Gasteiger partial charge in [0.2, 0.25) is 17.2 Å². The number of halogens is 1. The number of rotatable bonds is 5. The number of hydrogen-bond acceptors (Lipinski definition) is 6. The van der Waals surface area contributed by atoms with E-state index < -0.39 is 23.3 Å². The van der Waals surface area contributed by atoms with Crippen molar-refractivity contribution < 1.29 is 23.9 Å². The van der Waals surface area contributed by atoms with Gasteiger partial charge in [-0.05, 0) is 31.9 Å². The highest BCUT2D eigenvalue weighted by Crippen LogP contribution is 2.33. The molecule has 0 radical (unpaired) electrons. The summed E-state index contributed by atoms with van der Waals surface area (Å²) in [5.74, 6) is -2.15. The van der Waals surface area contributed by atoms with Crippen LogP contribution in [0.15, 0.2) is 23.1 Å². The minimum absolute atomic E-state index is 0.0341. The van der Waals surface area contributed by atoms with E-state index in [0.29, 0.717) is 43.9 Å². The molecule has 33 heavy (non-hydrogen) atoms. The van der Waals surface area contributed by atoms with E-state index in [1.54, 1.807) is 10.6 Å². The van der Waals surface area contributed by atoms with Crippen LogP contribution in [0.5, 0.6) is 0 Å². The Bertz CT molecular complexity index is 1230. The molecule has 1 atom stereocenters. The largest absolute Gasteiger partial charge is 0.477 e. The molecule has 1 saturated carbocycles. The van der Waals surface area contributed by atoms with Crippen LogP contribution in [-0.4, -0.2) is 75.5 Å². The molecule has 5 rings (SSSR count). The molecule has 2 aromatic rings. The molecule has 174 valence electrons. The van der Waals surface area contributed by atoms with Crippen LogP contribution in [0, 0.1) is 5.82 Å². The van der Waals surface area contributed by atoms with E-state index >= 15 is 4.39 Å². The maximum Gasteiger partial charge on any atom is 0.341 e. The van der Waals surface area contributed by atoms with Crippen molar-refractivity contribution in [1.82, 2.24) is 14.4 Å². The number of likely N-dealkylation sites (tertiary alicyclic amines) is 1. The zero-order chi connectivity index (χ0) is 23.4. The lowest BCUT2D eigenvalue weighted by atomic mass is 10.1. The number of pyridine rings is 1. The third-order valence-electron chi connectivity index (χ3n) is 6.89. The fourth-order valence-electron chi connectivity index (χ4n) is 4.97. The maximum atomic E-state index is 15.1. The number of fused-ring (bicyclic) bond motifs is 1. The van der Waals surface area contributed by atoms with Crippen molar-refractivity contribution in [3.8, 4) is 0 Å². The van der Waals surface area contributed by atoms with Gasteiger partial charge in [-0.2, -0.15) is 0 Å². The summed E-state index contributed by atoms with van der Waals surface area (Å²) in [4.78, 5) is 54.3. The Morgan fingerprint density at radius 2 is 1.82 bits per heavy atom. The molecule has 1 aromatic heterocycles. The fraction of sp³-hybridized carbons (Fsp3) is 0.478. The summed E-state index contributed by atoms with van der Waals surface area (Å²) in [6.07, 6.45) is 3.27. The third-order valence-corrected chi connectivity index (χ3v) is 6.89. The summed E-state index contributed by atoms with van der Waals surface area (Å²) in [6.45, 7) is 4.20. The molecule has 3 heterocycles. The second kappa shape index (κ2) is 7.95. The van der Waals surface area contributed by atoms with Gasteiger partial charge in [-0.3, -0.25) is 24.2 Å². The maximum absolute atomic E-state index is 15.1.